The summed E-state index contributed by atoms with van der Waals surface area (Å²) < 4.78 is 5.08. The highest BCUT2D eigenvalue weighted by atomic mass is 35.5. The summed E-state index contributed by atoms with van der Waals surface area (Å²) >= 11 is 7.76. The van der Waals surface area contributed by atoms with E-state index in [0.717, 1.165) is 4.88 Å². The van der Waals surface area contributed by atoms with Gasteiger partial charge in [0.1, 0.15) is 0 Å². The normalized spacial score (nSPS) is 10.6. The summed E-state index contributed by atoms with van der Waals surface area (Å²) in [7, 11) is 1.61. The number of amides is 1. The fourth-order valence-electron chi connectivity index (χ4n) is 1.93. The van der Waals surface area contributed by atoms with E-state index in [1.807, 2.05) is 17.5 Å². The number of nitrogens with zero attached hydrogens (tertiary/aromatic N) is 1. The standard InChI is InChI=1S/C15H17ClN2O2S/c1-20-8-7-18(10-11-4-3-9-21-11)15(19)12-5-2-6-13(17)14(12)16/h2-6,9H,7-8,10,17H2,1H3. The third-order valence-corrected chi connectivity index (χ3v) is 4.32. The average molecular weight is 325 g/mol. The number of anilines is 1. The second kappa shape index (κ2) is 7.45. The Labute approximate surface area is 133 Å². The molecule has 0 spiro atoms. The van der Waals surface area contributed by atoms with Gasteiger partial charge in [-0.25, -0.2) is 0 Å². The molecule has 0 saturated heterocycles. The quantitative estimate of drug-likeness (QED) is 0.830. The molecule has 6 heteroatoms. The first kappa shape index (κ1) is 15.8. The summed E-state index contributed by atoms with van der Waals surface area (Å²) in [4.78, 5) is 15.5. The average Bonchev–Trinajstić information content (AvgIpc) is 2.98. The molecule has 1 aromatic heterocycles. The third kappa shape index (κ3) is 3.97. The van der Waals surface area contributed by atoms with Crippen LogP contribution in [0.2, 0.25) is 5.02 Å². The van der Waals surface area contributed by atoms with Gasteiger partial charge in [0, 0.05) is 18.5 Å². The molecule has 1 amide bonds. The monoisotopic (exact) mass is 324 g/mol. The lowest BCUT2D eigenvalue weighted by Crippen LogP contribution is -2.33. The van der Waals surface area contributed by atoms with Crippen LogP contribution in [0.15, 0.2) is 35.7 Å². The second-order valence-electron chi connectivity index (χ2n) is 4.51. The number of nitrogen functional groups attached to an aromatic ring is 1. The summed E-state index contributed by atoms with van der Waals surface area (Å²) in [5, 5.41) is 2.29. The molecule has 4 nitrogen and oxygen atoms in total. The Hall–Kier alpha value is -1.56. The van der Waals surface area contributed by atoms with Crippen LogP contribution in [0, 0.1) is 0 Å². The highest BCUT2D eigenvalue weighted by Crippen LogP contribution is 2.25. The maximum Gasteiger partial charge on any atom is 0.255 e. The van der Waals surface area contributed by atoms with Gasteiger partial charge in [-0.15, -0.1) is 11.3 Å². The molecule has 2 rings (SSSR count). The number of carbonyl (C=O) groups excluding carboxylic acids is 1. The predicted molar refractivity (Wildman–Crippen MR) is 86.8 cm³/mol. The van der Waals surface area contributed by atoms with Gasteiger partial charge >= 0.3 is 0 Å². The molecular formula is C15H17ClN2O2S. The lowest BCUT2D eigenvalue weighted by atomic mass is 10.1. The van der Waals surface area contributed by atoms with E-state index in [-0.39, 0.29) is 5.91 Å². The molecule has 0 saturated carbocycles. The minimum atomic E-state index is -0.141. The van der Waals surface area contributed by atoms with Crippen molar-refractivity contribution in [3.05, 3.63) is 51.2 Å². The Balaban J connectivity index is 2.22. The van der Waals surface area contributed by atoms with Crippen LogP contribution >= 0.6 is 22.9 Å². The number of hydrogen-bond acceptors (Lipinski definition) is 4. The van der Waals surface area contributed by atoms with Crippen molar-refractivity contribution in [1.82, 2.24) is 4.90 Å². The number of rotatable bonds is 6. The Kier molecular flexibility index (Phi) is 5.61. The van der Waals surface area contributed by atoms with Gasteiger partial charge in [0.15, 0.2) is 0 Å². The highest BCUT2D eigenvalue weighted by molar-refractivity contribution is 7.09. The van der Waals surface area contributed by atoms with E-state index >= 15 is 0 Å². The Morgan fingerprint density at radius 3 is 2.86 bits per heavy atom. The molecule has 0 fully saturated rings. The molecule has 0 aliphatic heterocycles. The lowest BCUT2D eigenvalue weighted by Gasteiger charge is -2.22. The Morgan fingerprint density at radius 2 is 2.19 bits per heavy atom. The number of carbonyl (C=O) groups is 1. The van der Waals surface area contributed by atoms with Gasteiger partial charge in [0.05, 0.1) is 29.4 Å². The first-order valence-corrected chi connectivity index (χ1v) is 7.74. The molecular weight excluding hydrogens is 308 g/mol. The first-order valence-electron chi connectivity index (χ1n) is 6.48. The first-order chi connectivity index (χ1) is 10.1. The number of thiophene rings is 1. The van der Waals surface area contributed by atoms with Crippen molar-refractivity contribution >= 4 is 34.5 Å². The van der Waals surface area contributed by atoms with Crippen LogP contribution in [0.3, 0.4) is 0 Å². The smallest absolute Gasteiger partial charge is 0.255 e. The van der Waals surface area contributed by atoms with Gasteiger partial charge in [-0.1, -0.05) is 23.7 Å². The number of methoxy groups -OCH3 is 1. The number of benzene rings is 1. The second-order valence-corrected chi connectivity index (χ2v) is 5.92. The maximum atomic E-state index is 12.7. The number of ether oxygens (including phenoxy) is 1. The van der Waals surface area contributed by atoms with Crippen LogP contribution in [0.5, 0.6) is 0 Å². The van der Waals surface area contributed by atoms with E-state index in [9.17, 15) is 4.79 Å². The molecule has 1 heterocycles. The van der Waals surface area contributed by atoms with E-state index in [1.54, 1.807) is 41.5 Å². The van der Waals surface area contributed by atoms with Gasteiger partial charge in [0.25, 0.3) is 5.91 Å². The predicted octanol–water partition coefficient (Wildman–Crippen LogP) is 3.27. The zero-order valence-corrected chi connectivity index (χ0v) is 13.3. The van der Waals surface area contributed by atoms with Crippen LogP contribution in [-0.4, -0.2) is 31.1 Å². The Morgan fingerprint density at radius 1 is 1.38 bits per heavy atom. The van der Waals surface area contributed by atoms with Crippen molar-refractivity contribution < 1.29 is 9.53 Å². The minimum Gasteiger partial charge on any atom is -0.398 e. The summed E-state index contributed by atoms with van der Waals surface area (Å²) in [6.07, 6.45) is 0. The molecule has 2 aromatic rings. The summed E-state index contributed by atoms with van der Waals surface area (Å²) in [5.41, 5.74) is 6.60. The zero-order valence-electron chi connectivity index (χ0n) is 11.7. The molecule has 2 N–H and O–H groups in total. The van der Waals surface area contributed by atoms with Gasteiger partial charge in [-0.2, -0.15) is 0 Å². The number of halogens is 1. The largest absolute Gasteiger partial charge is 0.398 e. The molecule has 0 aliphatic rings. The summed E-state index contributed by atoms with van der Waals surface area (Å²) in [5.74, 6) is -0.141. The molecule has 21 heavy (non-hydrogen) atoms. The van der Waals surface area contributed by atoms with Crippen LogP contribution < -0.4 is 5.73 Å². The molecule has 0 aliphatic carbocycles. The molecule has 0 atom stereocenters. The highest BCUT2D eigenvalue weighted by Gasteiger charge is 2.19. The topological polar surface area (TPSA) is 55.6 Å². The molecule has 112 valence electrons. The van der Waals surface area contributed by atoms with Crippen molar-refractivity contribution in [2.75, 3.05) is 26.0 Å². The SMILES string of the molecule is COCCN(Cc1cccs1)C(=O)c1cccc(N)c1Cl. The minimum absolute atomic E-state index is 0.141. The van der Waals surface area contributed by atoms with Gasteiger partial charge in [0.2, 0.25) is 0 Å². The van der Waals surface area contributed by atoms with Crippen molar-refractivity contribution in [2.24, 2.45) is 0 Å². The summed E-state index contributed by atoms with van der Waals surface area (Å²) in [6.45, 7) is 1.50. The lowest BCUT2D eigenvalue weighted by molar-refractivity contribution is 0.0682. The van der Waals surface area contributed by atoms with Gasteiger partial charge < -0.3 is 15.4 Å². The Bertz CT molecular complexity index is 602. The maximum absolute atomic E-state index is 12.7. The van der Waals surface area contributed by atoms with E-state index in [1.165, 1.54) is 0 Å². The summed E-state index contributed by atoms with van der Waals surface area (Å²) in [6, 6.07) is 9.06. The van der Waals surface area contributed by atoms with Crippen LogP contribution in [-0.2, 0) is 11.3 Å². The van der Waals surface area contributed by atoms with Gasteiger partial charge in [-0.3, -0.25) is 4.79 Å². The van der Waals surface area contributed by atoms with Crippen molar-refractivity contribution in [3.8, 4) is 0 Å². The fourth-order valence-corrected chi connectivity index (χ4v) is 2.86. The molecule has 0 bridgehead atoms. The van der Waals surface area contributed by atoms with E-state index < -0.39 is 0 Å². The van der Waals surface area contributed by atoms with E-state index in [4.69, 9.17) is 22.1 Å². The van der Waals surface area contributed by atoms with Crippen molar-refractivity contribution in [1.29, 1.82) is 0 Å². The van der Waals surface area contributed by atoms with Crippen LogP contribution in [0.4, 0.5) is 5.69 Å². The van der Waals surface area contributed by atoms with Crippen molar-refractivity contribution in [3.63, 3.8) is 0 Å². The van der Waals surface area contributed by atoms with Crippen LogP contribution in [0.1, 0.15) is 15.2 Å². The zero-order chi connectivity index (χ0) is 15.2. The van der Waals surface area contributed by atoms with E-state index in [0.29, 0.717) is 36.0 Å². The molecule has 0 unspecified atom stereocenters. The van der Waals surface area contributed by atoms with E-state index in [2.05, 4.69) is 0 Å². The van der Waals surface area contributed by atoms with Gasteiger partial charge in [-0.05, 0) is 23.6 Å². The van der Waals surface area contributed by atoms with Crippen molar-refractivity contribution in [2.45, 2.75) is 6.54 Å². The van der Waals surface area contributed by atoms with Crippen LogP contribution in [0.25, 0.3) is 0 Å². The number of hydrogen-bond donors (Lipinski definition) is 1. The molecule has 1 aromatic carbocycles. The number of nitrogens with two attached hydrogens (primary N) is 1. The third-order valence-electron chi connectivity index (χ3n) is 3.04. The molecule has 0 radical (unpaired) electrons. The fraction of sp³-hybridized carbons (Fsp3) is 0.267.